The lowest BCUT2D eigenvalue weighted by Crippen LogP contribution is -2.54. The summed E-state index contributed by atoms with van der Waals surface area (Å²) in [6.07, 6.45) is 1.70. The molecule has 13 heteroatoms. The number of halogens is 1. The molecule has 0 aliphatic carbocycles. The van der Waals surface area contributed by atoms with Gasteiger partial charge >= 0.3 is 0 Å². The van der Waals surface area contributed by atoms with Gasteiger partial charge in [-0.1, -0.05) is 12.1 Å². The Morgan fingerprint density at radius 1 is 1.07 bits per heavy atom. The first-order chi connectivity index (χ1) is 19.8. The maximum atomic E-state index is 14.4. The second-order valence-electron chi connectivity index (χ2n) is 9.86. The fraction of sp³-hybridized carbons (Fsp3) is 0.286. The number of imide groups is 2. The fourth-order valence-electron chi connectivity index (χ4n) is 5.33. The molecular weight excluding hydrogens is 533 g/mol. The lowest BCUT2D eigenvalue weighted by Gasteiger charge is -2.35. The topological polar surface area (TPSA) is 132 Å². The number of piperidine rings is 1. The first-order valence-corrected chi connectivity index (χ1v) is 13.0. The van der Waals surface area contributed by atoms with Crippen LogP contribution in [-0.2, 0) is 16.1 Å². The van der Waals surface area contributed by atoms with Gasteiger partial charge in [-0.2, -0.15) is 0 Å². The molecule has 1 atom stereocenters. The number of anilines is 3. The van der Waals surface area contributed by atoms with Crippen LogP contribution in [0.5, 0.6) is 0 Å². The van der Waals surface area contributed by atoms with Crippen LogP contribution in [0.3, 0.4) is 0 Å². The zero-order valence-corrected chi connectivity index (χ0v) is 21.7. The molecule has 3 aliphatic rings. The summed E-state index contributed by atoms with van der Waals surface area (Å²) in [7, 11) is 0. The Balaban J connectivity index is 1.10. The van der Waals surface area contributed by atoms with E-state index in [9.17, 15) is 23.6 Å². The number of hydrogen-bond donors (Lipinski definition) is 2. The number of oxazole rings is 1. The normalized spacial score (nSPS) is 18.8. The summed E-state index contributed by atoms with van der Waals surface area (Å²) in [4.78, 5) is 62.6. The molecule has 0 bridgehead atoms. The number of nitrogens with one attached hydrogen (secondary N) is 2. The number of nitrogens with zero attached hydrogens (tertiary/aromatic N) is 5. The van der Waals surface area contributed by atoms with Gasteiger partial charge < -0.3 is 19.5 Å². The number of hydrogen-bond acceptors (Lipinski definition) is 9. The molecule has 1 aromatic heterocycles. The van der Waals surface area contributed by atoms with Crippen LogP contribution in [0.2, 0.25) is 0 Å². The van der Waals surface area contributed by atoms with Crippen molar-refractivity contribution in [3.8, 4) is 0 Å². The quantitative estimate of drug-likeness (QED) is 0.347. The highest BCUT2D eigenvalue weighted by Crippen LogP contribution is 2.33. The molecule has 2 saturated heterocycles. The molecule has 2 N–H and O–H groups in total. The van der Waals surface area contributed by atoms with E-state index in [1.165, 1.54) is 12.1 Å². The van der Waals surface area contributed by atoms with Crippen LogP contribution in [0.15, 0.2) is 47.0 Å². The van der Waals surface area contributed by atoms with Gasteiger partial charge in [0, 0.05) is 38.3 Å². The summed E-state index contributed by atoms with van der Waals surface area (Å²) >= 11 is 0. The van der Waals surface area contributed by atoms with E-state index in [1.807, 2.05) is 9.80 Å². The standard InChI is InChI=1S/C28H24FN7O5/c1-30-16-5-6-21(19(29)13-16)34-9-11-35(12-10-34)28-32-15-17(41-28)14-31-20-4-2-3-18-24(20)27(40)36(26(18)39)22-7-8-23(37)33-25(22)38/h2-6,13,15,22,31H,7-12,14H2,(H,33,37,38). The first-order valence-electron chi connectivity index (χ1n) is 13.0. The molecular formula is C28H24FN7O5. The van der Waals surface area contributed by atoms with Gasteiger partial charge in [-0.05, 0) is 30.7 Å². The smallest absolute Gasteiger partial charge is 0.297 e. The molecule has 0 radical (unpaired) electrons. The van der Waals surface area contributed by atoms with Crippen molar-refractivity contribution in [2.45, 2.75) is 25.4 Å². The van der Waals surface area contributed by atoms with E-state index in [0.717, 1.165) is 4.90 Å². The van der Waals surface area contributed by atoms with E-state index in [4.69, 9.17) is 11.0 Å². The fourth-order valence-corrected chi connectivity index (χ4v) is 5.33. The number of fused-ring (bicyclic) bond motifs is 1. The number of benzene rings is 2. The first kappa shape index (κ1) is 26.0. The van der Waals surface area contributed by atoms with Crippen LogP contribution < -0.4 is 20.4 Å². The van der Waals surface area contributed by atoms with E-state index >= 15 is 0 Å². The van der Waals surface area contributed by atoms with Crippen LogP contribution in [0, 0.1) is 12.4 Å². The minimum absolute atomic E-state index is 0.0467. The van der Waals surface area contributed by atoms with Crippen molar-refractivity contribution in [1.29, 1.82) is 0 Å². The number of piperazine rings is 1. The lowest BCUT2D eigenvalue weighted by atomic mass is 10.0. The lowest BCUT2D eigenvalue weighted by molar-refractivity contribution is -0.136. The number of aromatic nitrogens is 1. The maximum Gasteiger partial charge on any atom is 0.297 e. The van der Waals surface area contributed by atoms with Gasteiger partial charge in [0.25, 0.3) is 17.8 Å². The van der Waals surface area contributed by atoms with Gasteiger partial charge in [-0.25, -0.2) is 14.2 Å². The highest BCUT2D eigenvalue weighted by Gasteiger charge is 2.45. The summed E-state index contributed by atoms with van der Waals surface area (Å²) in [6.45, 7) is 9.40. The third-order valence-electron chi connectivity index (χ3n) is 7.41. The molecule has 4 amide bonds. The number of amides is 4. The van der Waals surface area contributed by atoms with Crippen molar-refractivity contribution in [1.82, 2.24) is 15.2 Å². The Labute approximate surface area is 233 Å². The molecule has 208 valence electrons. The van der Waals surface area contributed by atoms with Gasteiger partial charge in [-0.3, -0.25) is 29.4 Å². The summed E-state index contributed by atoms with van der Waals surface area (Å²) in [5, 5.41) is 5.33. The summed E-state index contributed by atoms with van der Waals surface area (Å²) in [5.41, 5.74) is 1.46. The predicted molar refractivity (Wildman–Crippen MR) is 144 cm³/mol. The van der Waals surface area contributed by atoms with E-state index in [0.29, 0.717) is 49.3 Å². The molecule has 4 heterocycles. The van der Waals surface area contributed by atoms with Gasteiger partial charge in [0.2, 0.25) is 11.8 Å². The molecule has 2 fully saturated rings. The zero-order valence-electron chi connectivity index (χ0n) is 21.7. The number of carbonyl (C=O) groups excluding carboxylic acids is 4. The summed E-state index contributed by atoms with van der Waals surface area (Å²) < 4.78 is 20.4. The van der Waals surface area contributed by atoms with Gasteiger partial charge in [0.15, 0.2) is 5.69 Å². The van der Waals surface area contributed by atoms with Crippen molar-refractivity contribution < 1.29 is 28.0 Å². The molecule has 6 rings (SSSR count). The van der Waals surface area contributed by atoms with E-state index in [-0.39, 0.29) is 36.2 Å². The maximum absolute atomic E-state index is 14.4. The third kappa shape index (κ3) is 4.73. The Kier molecular flexibility index (Phi) is 6.58. The average Bonchev–Trinajstić information content (AvgIpc) is 3.55. The average molecular weight is 558 g/mol. The van der Waals surface area contributed by atoms with Crippen LogP contribution >= 0.6 is 0 Å². The number of rotatable bonds is 6. The zero-order chi connectivity index (χ0) is 28.7. The highest BCUT2D eigenvalue weighted by atomic mass is 19.1. The molecule has 0 saturated carbocycles. The molecule has 3 aliphatic heterocycles. The molecule has 3 aromatic rings. The molecule has 12 nitrogen and oxygen atoms in total. The SMILES string of the molecule is [C-]#[N+]c1ccc(N2CCN(c3ncc(CNc4cccc5c4C(=O)N(C4CCC(=O)NC4=O)C5=O)o3)CC2)c(F)c1. The second-order valence-corrected chi connectivity index (χ2v) is 9.86. The van der Waals surface area contributed by atoms with Crippen molar-refractivity contribution >= 4 is 46.7 Å². The minimum atomic E-state index is -1.04. The monoisotopic (exact) mass is 557 g/mol. The van der Waals surface area contributed by atoms with Crippen molar-refractivity contribution in [3.63, 3.8) is 0 Å². The van der Waals surface area contributed by atoms with E-state index < -0.39 is 35.5 Å². The van der Waals surface area contributed by atoms with Crippen molar-refractivity contribution in [3.05, 3.63) is 76.7 Å². The summed E-state index contributed by atoms with van der Waals surface area (Å²) in [6, 6.07) is 8.67. The molecule has 1 unspecified atom stereocenters. The Bertz CT molecular complexity index is 1620. The van der Waals surface area contributed by atoms with E-state index in [1.54, 1.807) is 30.5 Å². The Hall–Kier alpha value is -5.25. The van der Waals surface area contributed by atoms with Gasteiger partial charge in [0.1, 0.15) is 17.6 Å². The Morgan fingerprint density at radius 2 is 1.85 bits per heavy atom. The third-order valence-corrected chi connectivity index (χ3v) is 7.41. The largest absolute Gasteiger partial charge is 0.427 e. The Morgan fingerprint density at radius 3 is 2.59 bits per heavy atom. The number of carbonyl (C=O) groups is 4. The molecule has 0 spiro atoms. The van der Waals surface area contributed by atoms with Crippen LogP contribution in [-0.4, -0.2) is 65.7 Å². The van der Waals surface area contributed by atoms with Crippen molar-refractivity contribution in [2.75, 3.05) is 41.3 Å². The van der Waals surface area contributed by atoms with Gasteiger partial charge in [-0.15, -0.1) is 0 Å². The van der Waals surface area contributed by atoms with Crippen LogP contribution in [0.4, 0.5) is 27.5 Å². The van der Waals surface area contributed by atoms with Crippen LogP contribution in [0.1, 0.15) is 39.3 Å². The predicted octanol–water partition coefficient (Wildman–Crippen LogP) is 2.70. The van der Waals surface area contributed by atoms with Gasteiger partial charge in [0.05, 0.1) is 36.1 Å². The van der Waals surface area contributed by atoms with E-state index in [2.05, 4.69) is 20.5 Å². The van der Waals surface area contributed by atoms with Crippen LogP contribution in [0.25, 0.3) is 4.85 Å². The molecule has 2 aromatic carbocycles. The highest BCUT2D eigenvalue weighted by molar-refractivity contribution is 6.25. The summed E-state index contributed by atoms with van der Waals surface area (Å²) in [5.74, 6) is -2.20. The van der Waals surface area contributed by atoms with Crippen molar-refractivity contribution in [2.24, 2.45) is 0 Å². The second kappa shape index (κ2) is 10.4. The molecule has 41 heavy (non-hydrogen) atoms. The minimum Gasteiger partial charge on any atom is -0.427 e.